The Hall–Kier alpha value is -0.510. The zero-order chi connectivity index (χ0) is 10.6. The molecule has 1 fully saturated rings. The van der Waals surface area contributed by atoms with E-state index in [-0.39, 0.29) is 0 Å². The highest BCUT2D eigenvalue weighted by atomic mass is 14.3. The number of nitriles is 1. The van der Waals surface area contributed by atoms with Crippen LogP contribution in [0.4, 0.5) is 0 Å². The van der Waals surface area contributed by atoms with Crippen molar-refractivity contribution in [3.05, 3.63) is 0 Å². The van der Waals surface area contributed by atoms with Gasteiger partial charge in [-0.05, 0) is 36.5 Å². The Bertz CT molecular complexity index is 198. The van der Waals surface area contributed by atoms with Gasteiger partial charge in [-0.3, -0.25) is 0 Å². The monoisotopic (exact) mass is 193 g/mol. The zero-order valence-electron chi connectivity index (χ0n) is 9.84. The predicted molar refractivity (Wildman–Crippen MR) is 59.8 cm³/mol. The largest absolute Gasteiger partial charge is 0.198 e. The first-order chi connectivity index (χ1) is 6.54. The van der Waals surface area contributed by atoms with Gasteiger partial charge in [-0.15, -0.1) is 0 Å². The van der Waals surface area contributed by atoms with Crippen LogP contribution in [0.5, 0.6) is 0 Å². The van der Waals surface area contributed by atoms with Crippen LogP contribution in [-0.2, 0) is 0 Å². The number of rotatable bonds is 2. The van der Waals surface area contributed by atoms with E-state index in [2.05, 4.69) is 26.8 Å². The fourth-order valence-electron chi connectivity index (χ4n) is 2.59. The van der Waals surface area contributed by atoms with E-state index in [1.54, 1.807) is 0 Å². The fourth-order valence-corrected chi connectivity index (χ4v) is 2.59. The second-order valence-electron chi connectivity index (χ2n) is 5.78. The van der Waals surface area contributed by atoms with E-state index < -0.39 is 0 Å². The summed E-state index contributed by atoms with van der Waals surface area (Å²) in [6, 6.07) is 2.26. The number of nitrogens with zero attached hydrogens (tertiary/aromatic N) is 1. The minimum atomic E-state index is 0.486. The van der Waals surface area contributed by atoms with Crippen LogP contribution in [0, 0.1) is 28.6 Å². The lowest BCUT2D eigenvalue weighted by Gasteiger charge is -2.36. The van der Waals surface area contributed by atoms with Crippen molar-refractivity contribution >= 4 is 0 Å². The van der Waals surface area contributed by atoms with Gasteiger partial charge < -0.3 is 0 Å². The summed E-state index contributed by atoms with van der Waals surface area (Å²) in [4.78, 5) is 0. The van der Waals surface area contributed by atoms with Crippen molar-refractivity contribution in [2.45, 2.75) is 59.3 Å². The average molecular weight is 193 g/mol. The molecule has 0 atom stereocenters. The number of hydrogen-bond donors (Lipinski definition) is 0. The van der Waals surface area contributed by atoms with Crippen LogP contribution in [0.15, 0.2) is 0 Å². The highest BCUT2D eigenvalue weighted by Gasteiger charge is 2.29. The molecular formula is C13H23N. The van der Waals surface area contributed by atoms with Crippen LogP contribution in [0.3, 0.4) is 0 Å². The van der Waals surface area contributed by atoms with Crippen molar-refractivity contribution in [2.75, 3.05) is 0 Å². The Balaban J connectivity index is 2.29. The molecule has 1 rings (SSSR count). The first-order valence-electron chi connectivity index (χ1n) is 5.91. The van der Waals surface area contributed by atoms with Crippen molar-refractivity contribution in [3.63, 3.8) is 0 Å². The highest BCUT2D eigenvalue weighted by molar-refractivity contribution is 4.82. The van der Waals surface area contributed by atoms with Gasteiger partial charge >= 0.3 is 0 Å². The molecule has 0 aromatic carbocycles. The summed E-state index contributed by atoms with van der Waals surface area (Å²) in [6.45, 7) is 7.06. The molecule has 0 radical (unpaired) electrons. The lowest BCUT2D eigenvalue weighted by molar-refractivity contribution is 0.147. The minimum absolute atomic E-state index is 0.486. The number of hydrogen-bond acceptors (Lipinski definition) is 1. The van der Waals surface area contributed by atoms with Crippen LogP contribution < -0.4 is 0 Å². The third-order valence-electron chi connectivity index (χ3n) is 3.74. The summed E-state index contributed by atoms with van der Waals surface area (Å²) in [5, 5.41) is 8.53. The van der Waals surface area contributed by atoms with E-state index in [1.807, 2.05) is 0 Å². The van der Waals surface area contributed by atoms with Crippen molar-refractivity contribution in [1.82, 2.24) is 0 Å². The Morgan fingerprint density at radius 2 is 1.71 bits per heavy atom. The van der Waals surface area contributed by atoms with Crippen LogP contribution in [-0.4, -0.2) is 0 Å². The maximum absolute atomic E-state index is 8.53. The fraction of sp³-hybridized carbons (Fsp3) is 0.923. The van der Waals surface area contributed by atoms with Crippen molar-refractivity contribution in [1.29, 1.82) is 5.26 Å². The van der Waals surface area contributed by atoms with Crippen molar-refractivity contribution < 1.29 is 0 Å². The summed E-state index contributed by atoms with van der Waals surface area (Å²) in [6.07, 6.45) is 7.34. The summed E-state index contributed by atoms with van der Waals surface area (Å²) in [5.41, 5.74) is 0.486. The van der Waals surface area contributed by atoms with Crippen LogP contribution in [0.1, 0.15) is 59.3 Å². The molecule has 0 spiro atoms. The Morgan fingerprint density at radius 3 is 2.14 bits per heavy atom. The van der Waals surface area contributed by atoms with Gasteiger partial charge in [0.05, 0.1) is 6.07 Å². The quantitative estimate of drug-likeness (QED) is 0.646. The van der Waals surface area contributed by atoms with Gasteiger partial charge in [-0.2, -0.15) is 5.26 Å². The molecule has 0 amide bonds. The summed E-state index contributed by atoms with van der Waals surface area (Å²) in [5.74, 6) is 1.74. The topological polar surface area (TPSA) is 23.8 Å². The summed E-state index contributed by atoms with van der Waals surface area (Å²) < 4.78 is 0. The molecular weight excluding hydrogens is 170 g/mol. The molecule has 1 aliphatic carbocycles. The lowest BCUT2D eigenvalue weighted by Crippen LogP contribution is -2.25. The SMILES string of the molecule is CC(C)(C)C1CCC(CCC#N)CC1. The maximum Gasteiger partial charge on any atom is 0.0621 e. The molecule has 0 aromatic heterocycles. The Labute approximate surface area is 88.5 Å². The van der Waals surface area contributed by atoms with Gasteiger partial charge in [0.2, 0.25) is 0 Å². The van der Waals surface area contributed by atoms with E-state index >= 15 is 0 Å². The third kappa shape index (κ3) is 3.33. The van der Waals surface area contributed by atoms with Crippen LogP contribution in [0.25, 0.3) is 0 Å². The van der Waals surface area contributed by atoms with Crippen molar-refractivity contribution in [2.24, 2.45) is 17.3 Å². The summed E-state index contributed by atoms with van der Waals surface area (Å²) in [7, 11) is 0. The second kappa shape index (κ2) is 4.82. The molecule has 14 heavy (non-hydrogen) atoms. The second-order valence-corrected chi connectivity index (χ2v) is 5.78. The van der Waals surface area contributed by atoms with Gasteiger partial charge in [-0.25, -0.2) is 0 Å². The molecule has 1 nitrogen and oxygen atoms in total. The summed E-state index contributed by atoms with van der Waals surface area (Å²) >= 11 is 0. The predicted octanol–water partition coefficient (Wildman–Crippen LogP) is 4.14. The minimum Gasteiger partial charge on any atom is -0.198 e. The molecule has 1 saturated carbocycles. The standard InChI is InChI=1S/C13H23N/c1-13(2,3)12-8-6-11(7-9-12)5-4-10-14/h11-12H,4-9H2,1-3H3. The molecule has 80 valence electrons. The van der Waals surface area contributed by atoms with Gasteiger partial charge in [0, 0.05) is 6.42 Å². The molecule has 0 aromatic rings. The van der Waals surface area contributed by atoms with Gasteiger partial charge in [-0.1, -0.05) is 33.6 Å². The zero-order valence-corrected chi connectivity index (χ0v) is 9.84. The molecule has 0 aliphatic heterocycles. The lowest BCUT2D eigenvalue weighted by atomic mass is 9.69. The molecule has 0 bridgehead atoms. The van der Waals surface area contributed by atoms with Crippen LogP contribution in [0.2, 0.25) is 0 Å². The molecule has 1 aliphatic rings. The maximum atomic E-state index is 8.53. The average Bonchev–Trinajstić information content (AvgIpc) is 2.14. The first-order valence-corrected chi connectivity index (χ1v) is 5.91. The van der Waals surface area contributed by atoms with E-state index in [9.17, 15) is 0 Å². The third-order valence-corrected chi connectivity index (χ3v) is 3.74. The Morgan fingerprint density at radius 1 is 1.14 bits per heavy atom. The molecule has 0 unspecified atom stereocenters. The van der Waals surface area contributed by atoms with E-state index in [1.165, 1.54) is 25.7 Å². The Kier molecular flexibility index (Phi) is 3.98. The smallest absolute Gasteiger partial charge is 0.0621 e. The molecule has 0 saturated heterocycles. The molecule has 0 heterocycles. The van der Waals surface area contributed by atoms with Crippen LogP contribution >= 0.6 is 0 Å². The van der Waals surface area contributed by atoms with E-state index in [4.69, 9.17) is 5.26 Å². The highest BCUT2D eigenvalue weighted by Crippen LogP contribution is 2.40. The molecule has 1 heteroatoms. The normalized spacial score (nSPS) is 28.4. The van der Waals surface area contributed by atoms with Gasteiger partial charge in [0.1, 0.15) is 0 Å². The van der Waals surface area contributed by atoms with Crippen molar-refractivity contribution in [3.8, 4) is 6.07 Å². The van der Waals surface area contributed by atoms with Gasteiger partial charge in [0.25, 0.3) is 0 Å². The van der Waals surface area contributed by atoms with E-state index in [0.29, 0.717) is 5.41 Å². The van der Waals surface area contributed by atoms with Gasteiger partial charge in [0.15, 0.2) is 0 Å². The first kappa shape index (κ1) is 11.6. The van der Waals surface area contributed by atoms with E-state index in [0.717, 1.165) is 24.7 Å². The molecule has 0 N–H and O–H groups in total.